The van der Waals surface area contributed by atoms with Crippen molar-refractivity contribution in [2.45, 2.75) is 57.4 Å². The number of pyridine rings is 1. The Kier molecular flexibility index (Phi) is 7.20. The van der Waals surface area contributed by atoms with Crippen molar-refractivity contribution < 1.29 is 19.3 Å². The molecule has 0 aliphatic heterocycles. The van der Waals surface area contributed by atoms with Crippen LogP contribution in [-0.4, -0.2) is 54.9 Å². The van der Waals surface area contributed by atoms with Crippen LogP contribution < -0.4 is 10.1 Å². The van der Waals surface area contributed by atoms with E-state index in [0.717, 1.165) is 60.1 Å². The number of halogens is 1. The molecule has 3 aromatic heterocycles. The first-order valence-electron chi connectivity index (χ1n) is 12.5. The Bertz CT molecular complexity index is 1310. The Morgan fingerprint density at radius 2 is 1.97 bits per heavy atom. The van der Waals surface area contributed by atoms with Gasteiger partial charge < -0.3 is 24.8 Å². The molecule has 8 nitrogen and oxygen atoms in total. The molecule has 1 aromatic carbocycles. The van der Waals surface area contributed by atoms with Gasteiger partial charge in [-0.2, -0.15) is 5.10 Å². The van der Waals surface area contributed by atoms with Crippen LogP contribution in [0.25, 0.3) is 22.0 Å². The number of aromatic nitrogens is 4. The molecule has 0 bridgehead atoms. The summed E-state index contributed by atoms with van der Waals surface area (Å²) in [6.07, 6.45) is 10.4. The minimum Gasteiger partial charge on any atom is -0.487 e. The van der Waals surface area contributed by atoms with E-state index in [-0.39, 0.29) is 31.1 Å². The number of hydrogen-bond donors (Lipinski definition) is 3. The molecular weight excluding hydrogens is 461 g/mol. The lowest BCUT2D eigenvalue weighted by atomic mass is 9.92. The van der Waals surface area contributed by atoms with Gasteiger partial charge in [-0.05, 0) is 44.7 Å². The van der Waals surface area contributed by atoms with Gasteiger partial charge in [-0.15, -0.1) is 0 Å². The second-order valence-corrected chi connectivity index (χ2v) is 9.33. The summed E-state index contributed by atoms with van der Waals surface area (Å²) in [5, 5.41) is 27.6. The van der Waals surface area contributed by atoms with Crippen LogP contribution in [0.2, 0.25) is 0 Å². The lowest BCUT2D eigenvalue weighted by molar-refractivity contribution is 0.0783. The van der Waals surface area contributed by atoms with Gasteiger partial charge in [-0.25, -0.2) is 9.37 Å². The maximum Gasteiger partial charge on any atom is 0.165 e. The van der Waals surface area contributed by atoms with E-state index in [4.69, 9.17) is 9.84 Å². The van der Waals surface area contributed by atoms with Crippen LogP contribution in [0.5, 0.6) is 5.75 Å². The molecule has 0 saturated heterocycles. The first-order valence-corrected chi connectivity index (χ1v) is 12.5. The molecule has 4 aromatic rings. The predicted molar refractivity (Wildman–Crippen MR) is 137 cm³/mol. The highest BCUT2D eigenvalue weighted by Crippen LogP contribution is 2.38. The van der Waals surface area contributed by atoms with Crippen LogP contribution in [0.15, 0.2) is 55.1 Å². The molecule has 36 heavy (non-hydrogen) atoms. The Hall–Kier alpha value is -3.43. The molecule has 3 heterocycles. The molecule has 3 N–H and O–H groups in total. The normalized spacial score (nSPS) is 18.9. The quantitative estimate of drug-likeness (QED) is 0.320. The van der Waals surface area contributed by atoms with Gasteiger partial charge >= 0.3 is 0 Å². The zero-order chi connectivity index (χ0) is 25.1. The number of nitrogens with one attached hydrogen (secondary N) is 1. The first kappa shape index (κ1) is 24.3. The number of rotatable bonds is 9. The van der Waals surface area contributed by atoms with Crippen LogP contribution in [0.3, 0.4) is 0 Å². The van der Waals surface area contributed by atoms with E-state index < -0.39 is 6.10 Å². The third kappa shape index (κ3) is 5.08. The van der Waals surface area contributed by atoms with Gasteiger partial charge in [-0.3, -0.25) is 4.68 Å². The average molecular weight is 494 g/mol. The van der Waals surface area contributed by atoms with Crippen molar-refractivity contribution in [3.8, 4) is 16.9 Å². The molecule has 1 aliphatic rings. The fourth-order valence-electron chi connectivity index (χ4n) is 4.99. The van der Waals surface area contributed by atoms with Crippen molar-refractivity contribution in [3.63, 3.8) is 0 Å². The summed E-state index contributed by atoms with van der Waals surface area (Å²) >= 11 is 0. The zero-order valence-corrected chi connectivity index (χ0v) is 20.3. The summed E-state index contributed by atoms with van der Waals surface area (Å²) in [6.45, 7) is 2.74. The number of anilines is 1. The number of fused-ring (bicyclic) bond motifs is 1. The largest absolute Gasteiger partial charge is 0.487 e. The molecule has 5 rings (SSSR count). The molecule has 1 saturated carbocycles. The fraction of sp³-hybridized carbons (Fsp3) is 0.407. The van der Waals surface area contributed by atoms with Gasteiger partial charge in [-0.1, -0.05) is 12.1 Å². The Balaban J connectivity index is 1.41. The molecule has 1 atom stereocenters. The van der Waals surface area contributed by atoms with Gasteiger partial charge in [0.15, 0.2) is 11.6 Å². The van der Waals surface area contributed by atoms with E-state index >= 15 is 0 Å². The van der Waals surface area contributed by atoms with E-state index in [2.05, 4.69) is 32.2 Å². The summed E-state index contributed by atoms with van der Waals surface area (Å²) in [7, 11) is 0. The summed E-state index contributed by atoms with van der Waals surface area (Å²) in [5.74, 6) is 0.824. The van der Waals surface area contributed by atoms with Crippen molar-refractivity contribution in [2.24, 2.45) is 0 Å². The Morgan fingerprint density at radius 3 is 2.72 bits per heavy atom. The molecule has 0 spiro atoms. The van der Waals surface area contributed by atoms with Crippen molar-refractivity contribution in [1.82, 2.24) is 19.3 Å². The predicted octanol–water partition coefficient (Wildman–Crippen LogP) is 4.39. The van der Waals surface area contributed by atoms with E-state index in [0.29, 0.717) is 5.75 Å². The van der Waals surface area contributed by atoms with Crippen molar-refractivity contribution in [1.29, 1.82) is 0 Å². The van der Waals surface area contributed by atoms with E-state index in [1.165, 1.54) is 6.07 Å². The molecule has 1 fully saturated rings. The molecule has 0 amide bonds. The standard InChI is InChI=1S/C27H32FN5O3/c1-2-29-27-11-25-22(13-30-27)23(18-12-31-32(14-18)15-20(35)17-34)16-33(25)19-7-9-21(10-8-19)36-26-6-4-3-5-24(26)28/h3-6,11-14,16,19-21,34-35H,2,7-10,15,17H2,1H3,(H,29,30)/t19?,20-,21?/m1/s1. The highest BCUT2D eigenvalue weighted by atomic mass is 19.1. The highest BCUT2D eigenvalue weighted by molar-refractivity contribution is 5.96. The molecule has 0 radical (unpaired) electrons. The average Bonchev–Trinajstić information content (AvgIpc) is 3.50. The zero-order valence-electron chi connectivity index (χ0n) is 20.3. The van der Waals surface area contributed by atoms with Crippen LogP contribution >= 0.6 is 0 Å². The maximum absolute atomic E-state index is 14.0. The van der Waals surface area contributed by atoms with Gasteiger partial charge in [0.05, 0.1) is 37.1 Å². The molecule has 1 aliphatic carbocycles. The van der Waals surface area contributed by atoms with E-state index in [1.807, 2.05) is 19.3 Å². The van der Waals surface area contributed by atoms with E-state index in [9.17, 15) is 9.50 Å². The van der Waals surface area contributed by atoms with Crippen molar-refractivity contribution >= 4 is 16.7 Å². The minimum absolute atomic E-state index is 0.00498. The number of ether oxygens (including phenoxy) is 1. The second-order valence-electron chi connectivity index (χ2n) is 9.33. The topological polar surface area (TPSA) is 97.4 Å². The van der Waals surface area contributed by atoms with Crippen molar-refractivity contribution in [3.05, 3.63) is 60.9 Å². The second kappa shape index (κ2) is 10.7. The number of aliphatic hydroxyl groups excluding tert-OH is 2. The van der Waals surface area contributed by atoms with Crippen molar-refractivity contribution in [2.75, 3.05) is 18.5 Å². The van der Waals surface area contributed by atoms with Crippen LogP contribution in [-0.2, 0) is 6.54 Å². The Morgan fingerprint density at radius 1 is 1.17 bits per heavy atom. The minimum atomic E-state index is -0.856. The third-order valence-corrected chi connectivity index (χ3v) is 6.80. The Labute approximate surface area is 209 Å². The first-order chi connectivity index (χ1) is 17.6. The number of aliphatic hydroxyl groups is 2. The third-order valence-electron chi connectivity index (χ3n) is 6.80. The number of benzene rings is 1. The molecular formula is C27H32FN5O3. The lowest BCUT2D eigenvalue weighted by Gasteiger charge is -2.30. The summed E-state index contributed by atoms with van der Waals surface area (Å²) in [4.78, 5) is 4.60. The SMILES string of the molecule is CCNc1cc2c(cn1)c(-c1cnn(C[C@@H](O)CO)c1)cn2C1CCC(Oc2ccccc2F)CC1. The number of nitrogens with zero attached hydrogens (tertiary/aromatic N) is 4. The van der Waals surface area contributed by atoms with Crippen LogP contribution in [0.1, 0.15) is 38.6 Å². The number of hydrogen-bond acceptors (Lipinski definition) is 6. The molecule has 9 heteroatoms. The summed E-state index contributed by atoms with van der Waals surface area (Å²) in [5.41, 5.74) is 3.05. The molecule has 190 valence electrons. The van der Waals surface area contributed by atoms with E-state index in [1.54, 1.807) is 29.1 Å². The van der Waals surface area contributed by atoms with Gasteiger partial charge in [0, 0.05) is 53.8 Å². The van der Waals surface area contributed by atoms with Crippen LogP contribution in [0, 0.1) is 5.82 Å². The smallest absolute Gasteiger partial charge is 0.165 e. The van der Waals surface area contributed by atoms with Crippen LogP contribution in [0.4, 0.5) is 10.2 Å². The van der Waals surface area contributed by atoms with Gasteiger partial charge in [0.1, 0.15) is 5.82 Å². The molecule has 0 unspecified atom stereocenters. The fourth-order valence-corrected chi connectivity index (χ4v) is 4.99. The highest BCUT2D eigenvalue weighted by Gasteiger charge is 2.26. The lowest BCUT2D eigenvalue weighted by Crippen LogP contribution is -2.25. The monoisotopic (exact) mass is 493 g/mol. The van der Waals surface area contributed by atoms with Gasteiger partial charge in [0.2, 0.25) is 0 Å². The summed E-state index contributed by atoms with van der Waals surface area (Å²) in [6, 6.07) is 8.94. The maximum atomic E-state index is 14.0. The summed E-state index contributed by atoms with van der Waals surface area (Å²) < 4.78 is 24.0. The number of para-hydroxylation sites is 1. The van der Waals surface area contributed by atoms with Gasteiger partial charge in [0.25, 0.3) is 0 Å².